The normalized spacial score (nSPS) is 13.9. The van der Waals surface area contributed by atoms with E-state index < -0.39 is 12.1 Å². The van der Waals surface area contributed by atoms with Gasteiger partial charge in [-0.2, -0.15) is 0 Å². The van der Waals surface area contributed by atoms with Crippen molar-refractivity contribution >= 4 is 17.5 Å². The summed E-state index contributed by atoms with van der Waals surface area (Å²) in [6, 6.07) is 8.18. The fourth-order valence-electron chi connectivity index (χ4n) is 2.43. The summed E-state index contributed by atoms with van der Waals surface area (Å²) in [5.41, 5.74) is 6.48. The van der Waals surface area contributed by atoms with E-state index in [1.165, 1.54) is 18.2 Å². The van der Waals surface area contributed by atoms with Gasteiger partial charge in [0.05, 0.1) is 6.54 Å². The van der Waals surface area contributed by atoms with Gasteiger partial charge in [-0.3, -0.25) is 9.59 Å². The van der Waals surface area contributed by atoms with Gasteiger partial charge in [0.15, 0.2) is 5.78 Å². The van der Waals surface area contributed by atoms with Crippen LogP contribution in [0.25, 0.3) is 11.1 Å². The Morgan fingerprint density at radius 2 is 1.81 bits per heavy atom. The van der Waals surface area contributed by atoms with Crippen LogP contribution >= 0.6 is 0 Å². The standard InChI is InChI=1S/C18H16F3N3O3/c19-18(20,21)27-13-5-3-10(4-6-13)12-7-14(15(25)9-22)23-16(8-12)24-17(26)11-1-2-11/h3-8,11H,1-2,9,22H2,(H,23,24,26). The zero-order valence-electron chi connectivity index (χ0n) is 14.0. The Bertz CT molecular complexity index is 862. The van der Waals surface area contributed by atoms with Gasteiger partial charge in [0.2, 0.25) is 5.91 Å². The van der Waals surface area contributed by atoms with Gasteiger partial charge < -0.3 is 15.8 Å². The van der Waals surface area contributed by atoms with E-state index in [0.717, 1.165) is 25.0 Å². The lowest BCUT2D eigenvalue weighted by molar-refractivity contribution is -0.274. The number of benzene rings is 1. The lowest BCUT2D eigenvalue weighted by atomic mass is 10.0. The highest BCUT2D eigenvalue weighted by Gasteiger charge is 2.31. The Kier molecular flexibility index (Phi) is 5.13. The first-order chi connectivity index (χ1) is 12.7. The van der Waals surface area contributed by atoms with Gasteiger partial charge in [0.1, 0.15) is 17.3 Å². The van der Waals surface area contributed by atoms with Crippen LogP contribution in [0.3, 0.4) is 0 Å². The van der Waals surface area contributed by atoms with Gasteiger partial charge in [-0.1, -0.05) is 12.1 Å². The molecular formula is C18H16F3N3O3. The predicted octanol–water partition coefficient (Wildman–Crippen LogP) is 3.14. The number of amides is 1. The molecule has 0 radical (unpaired) electrons. The number of halogens is 3. The highest BCUT2D eigenvalue weighted by molar-refractivity contribution is 5.99. The topological polar surface area (TPSA) is 94.3 Å². The van der Waals surface area contributed by atoms with Gasteiger partial charge in [-0.25, -0.2) is 4.98 Å². The number of ketones is 1. The molecule has 0 unspecified atom stereocenters. The summed E-state index contributed by atoms with van der Waals surface area (Å²) in [6.07, 6.45) is -3.17. The average molecular weight is 379 g/mol. The van der Waals surface area contributed by atoms with E-state index in [4.69, 9.17) is 5.73 Å². The molecule has 1 fully saturated rings. The van der Waals surface area contributed by atoms with Crippen molar-refractivity contribution in [1.82, 2.24) is 4.98 Å². The first-order valence-corrected chi connectivity index (χ1v) is 8.17. The predicted molar refractivity (Wildman–Crippen MR) is 91.1 cm³/mol. The van der Waals surface area contributed by atoms with Gasteiger partial charge in [0.25, 0.3) is 0 Å². The molecule has 0 saturated heterocycles. The molecule has 1 heterocycles. The van der Waals surface area contributed by atoms with E-state index >= 15 is 0 Å². The molecule has 3 N–H and O–H groups in total. The third kappa shape index (κ3) is 5.04. The molecule has 27 heavy (non-hydrogen) atoms. The maximum atomic E-state index is 12.3. The number of nitrogens with one attached hydrogen (secondary N) is 1. The lowest BCUT2D eigenvalue weighted by Gasteiger charge is -2.11. The molecule has 1 aliphatic carbocycles. The fraction of sp³-hybridized carbons (Fsp3) is 0.278. The first kappa shape index (κ1) is 18.8. The van der Waals surface area contributed by atoms with Crippen molar-refractivity contribution in [3.8, 4) is 16.9 Å². The fourth-order valence-corrected chi connectivity index (χ4v) is 2.43. The highest BCUT2D eigenvalue weighted by Crippen LogP contribution is 2.31. The number of hydrogen-bond donors (Lipinski definition) is 2. The molecule has 2 aromatic rings. The van der Waals surface area contributed by atoms with E-state index in [0.29, 0.717) is 11.1 Å². The largest absolute Gasteiger partial charge is 0.573 e. The average Bonchev–Trinajstić information content (AvgIpc) is 3.45. The summed E-state index contributed by atoms with van der Waals surface area (Å²) in [7, 11) is 0. The molecule has 1 saturated carbocycles. The van der Waals surface area contributed by atoms with E-state index in [-0.39, 0.29) is 35.6 Å². The van der Waals surface area contributed by atoms with Crippen molar-refractivity contribution in [2.45, 2.75) is 19.2 Å². The molecule has 1 aliphatic rings. The van der Waals surface area contributed by atoms with Crippen LogP contribution in [0, 0.1) is 5.92 Å². The lowest BCUT2D eigenvalue weighted by Crippen LogP contribution is -2.18. The third-order valence-electron chi connectivity index (χ3n) is 3.92. The van der Waals surface area contributed by atoms with Crippen LogP contribution < -0.4 is 15.8 Å². The number of pyridine rings is 1. The number of anilines is 1. The third-order valence-corrected chi connectivity index (χ3v) is 3.92. The summed E-state index contributed by atoms with van der Waals surface area (Å²) < 4.78 is 40.7. The molecule has 0 aliphatic heterocycles. The zero-order valence-corrected chi connectivity index (χ0v) is 14.0. The number of alkyl halides is 3. The van der Waals surface area contributed by atoms with Gasteiger partial charge >= 0.3 is 6.36 Å². The minimum absolute atomic E-state index is 0.0529. The van der Waals surface area contributed by atoms with Crippen molar-refractivity contribution in [3.63, 3.8) is 0 Å². The van der Waals surface area contributed by atoms with Crippen molar-refractivity contribution in [2.24, 2.45) is 11.7 Å². The van der Waals surface area contributed by atoms with Crippen LogP contribution in [-0.4, -0.2) is 29.6 Å². The summed E-state index contributed by atoms with van der Waals surface area (Å²) in [6.45, 7) is -0.259. The van der Waals surface area contributed by atoms with Crippen LogP contribution in [-0.2, 0) is 4.79 Å². The maximum absolute atomic E-state index is 12.3. The molecule has 1 aromatic carbocycles. The van der Waals surface area contributed by atoms with Crippen molar-refractivity contribution < 1.29 is 27.5 Å². The van der Waals surface area contributed by atoms with E-state index in [2.05, 4.69) is 15.0 Å². The van der Waals surface area contributed by atoms with Crippen molar-refractivity contribution in [2.75, 3.05) is 11.9 Å². The number of Topliss-reactive ketones (excluding diaryl/α,β-unsaturated/α-hetero) is 1. The number of aromatic nitrogens is 1. The summed E-state index contributed by atoms with van der Waals surface area (Å²) in [5.74, 6) is -0.823. The molecule has 1 aromatic heterocycles. The van der Waals surface area contributed by atoms with Gasteiger partial charge in [-0.15, -0.1) is 13.2 Å². The van der Waals surface area contributed by atoms with Crippen LogP contribution in [0.2, 0.25) is 0 Å². The molecule has 3 rings (SSSR count). The van der Waals surface area contributed by atoms with Crippen LogP contribution in [0.5, 0.6) is 5.75 Å². The molecule has 0 bridgehead atoms. The summed E-state index contributed by atoms with van der Waals surface area (Å²) in [4.78, 5) is 28.0. The van der Waals surface area contributed by atoms with E-state index in [1.54, 1.807) is 6.07 Å². The number of carbonyl (C=O) groups excluding carboxylic acids is 2. The maximum Gasteiger partial charge on any atom is 0.573 e. The molecule has 1 amide bonds. The molecule has 142 valence electrons. The van der Waals surface area contributed by atoms with Crippen LogP contribution in [0.15, 0.2) is 36.4 Å². The number of rotatable bonds is 6. The second-order valence-electron chi connectivity index (χ2n) is 6.09. The highest BCUT2D eigenvalue weighted by atomic mass is 19.4. The SMILES string of the molecule is NCC(=O)c1cc(-c2ccc(OC(F)(F)F)cc2)cc(NC(=O)C2CC2)n1. The van der Waals surface area contributed by atoms with Crippen molar-refractivity contribution in [3.05, 3.63) is 42.1 Å². The number of ether oxygens (including phenoxy) is 1. The molecule has 6 nitrogen and oxygen atoms in total. The summed E-state index contributed by atoms with van der Waals surface area (Å²) in [5, 5.41) is 2.66. The molecule has 0 atom stereocenters. The number of hydrogen-bond acceptors (Lipinski definition) is 5. The Labute approximate surface area is 152 Å². The Balaban J connectivity index is 1.90. The number of carbonyl (C=O) groups is 2. The Hall–Kier alpha value is -2.94. The van der Waals surface area contributed by atoms with Crippen LogP contribution in [0.4, 0.5) is 19.0 Å². The number of nitrogens with two attached hydrogens (primary N) is 1. The van der Waals surface area contributed by atoms with Gasteiger partial charge in [0, 0.05) is 5.92 Å². The summed E-state index contributed by atoms with van der Waals surface area (Å²) >= 11 is 0. The quantitative estimate of drug-likeness (QED) is 0.752. The first-order valence-electron chi connectivity index (χ1n) is 8.17. The van der Waals surface area contributed by atoms with Crippen LogP contribution in [0.1, 0.15) is 23.3 Å². The second-order valence-corrected chi connectivity index (χ2v) is 6.09. The smallest absolute Gasteiger partial charge is 0.406 e. The molecular weight excluding hydrogens is 363 g/mol. The zero-order chi connectivity index (χ0) is 19.6. The second kappa shape index (κ2) is 7.36. The minimum atomic E-state index is -4.78. The monoisotopic (exact) mass is 379 g/mol. The number of nitrogens with zero attached hydrogens (tertiary/aromatic N) is 1. The Morgan fingerprint density at radius 3 is 2.37 bits per heavy atom. The van der Waals surface area contributed by atoms with E-state index in [1.807, 2.05) is 0 Å². The van der Waals surface area contributed by atoms with Gasteiger partial charge in [-0.05, 0) is 48.2 Å². The van der Waals surface area contributed by atoms with E-state index in [9.17, 15) is 22.8 Å². The molecule has 9 heteroatoms. The molecule has 0 spiro atoms. The Morgan fingerprint density at radius 1 is 1.15 bits per heavy atom. The minimum Gasteiger partial charge on any atom is -0.406 e. The van der Waals surface area contributed by atoms with Crippen molar-refractivity contribution in [1.29, 1.82) is 0 Å².